The van der Waals surface area contributed by atoms with Crippen LogP contribution in [0, 0.1) is 0 Å². The Morgan fingerprint density at radius 2 is 1.70 bits per heavy atom. The summed E-state index contributed by atoms with van der Waals surface area (Å²) in [6.45, 7) is 0.884. The van der Waals surface area contributed by atoms with Gasteiger partial charge in [-0.2, -0.15) is 0 Å². The second kappa shape index (κ2) is 9.37. The Bertz CT molecular complexity index is 713. The average molecular weight is 416 g/mol. The molecule has 1 saturated heterocycles. The Balaban J connectivity index is 0.00000261. The van der Waals surface area contributed by atoms with Gasteiger partial charge in [0.05, 0.1) is 11.3 Å². The van der Waals surface area contributed by atoms with Gasteiger partial charge in [-0.05, 0) is 31.2 Å². The molecule has 2 fully saturated rings. The highest BCUT2D eigenvalue weighted by molar-refractivity contribution is 7.88. The number of carbonyl (C=O) groups is 1. The lowest BCUT2D eigenvalue weighted by atomic mass is 9.81. The monoisotopic (exact) mass is 415 g/mol. The molecule has 152 valence electrons. The fraction of sp³-hybridized carbons (Fsp3) is 0.632. The molecule has 1 aliphatic carbocycles. The van der Waals surface area contributed by atoms with E-state index in [1.54, 1.807) is 4.31 Å². The summed E-state index contributed by atoms with van der Waals surface area (Å²) in [6, 6.07) is 9.24. The molecular weight excluding hydrogens is 386 g/mol. The minimum atomic E-state index is -3.32. The molecule has 0 radical (unpaired) electrons. The number of sulfonamides is 1. The second-order valence-corrected chi connectivity index (χ2v) is 9.57. The molecule has 3 rings (SSSR count). The molecule has 0 atom stereocenters. The molecule has 1 amide bonds. The van der Waals surface area contributed by atoms with Crippen LogP contribution in [-0.4, -0.2) is 43.3 Å². The van der Waals surface area contributed by atoms with E-state index in [0.29, 0.717) is 25.9 Å². The van der Waals surface area contributed by atoms with Gasteiger partial charge in [-0.3, -0.25) is 4.79 Å². The second-order valence-electron chi connectivity index (χ2n) is 7.61. The number of nitrogens with one attached hydrogen (secondary N) is 1. The summed E-state index contributed by atoms with van der Waals surface area (Å²) in [7, 11) is -3.32. The molecular formula is C19H30ClN3O3S. The van der Waals surface area contributed by atoms with Crippen LogP contribution < -0.4 is 11.1 Å². The van der Waals surface area contributed by atoms with E-state index in [-0.39, 0.29) is 30.1 Å². The highest BCUT2D eigenvalue weighted by Gasteiger charge is 2.37. The number of nitrogens with zero attached hydrogens (tertiary/aromatic N) is 1. The van der Waals surface area contributed by atoms with Gasteiger partial charge in [-0.25, -0.2) is 12.7 Å². The molecule has 1 aliphatic heterocycles. The number of rotatable bonds is 5. The zero-order valence-electron chi connectivity index (χ0n) is 15.6. The third kappa shape index (κ3) is 5.67. The maximum absolute atomic E-state index is 12.6. The Morgan fingerprint density at radius 3 is 2.30 bits per heavy atom. The summed E-state index contributed by atoms with van der Waals surface area (Å²) in [6.07, 6.45) is 5.89. The van der Waals surface area contributed by atoms with Crippen LogP contribution in [-0.2, 0) is 20.6 Å². The summed E-state index contributed by atoms with van der Waals surface area (Å²) < 4.78 is 26.7. The van der Waals surface area contributed by atoms with Crippen molar-refractivity contribution in [3.63, 3.8) is 0 Å². The predicted octanol–water partition coefficient (Wildman–Crippen LogP) is 2.18. The first-order valence-corrected chi connectivity index (χ1v) is 11.1. The van der Waals surface area contributed by atoms with Crippen molar-refractivity contribution < 1.29 is 13.2 Å². The predicted molar refractivity (Wildman–Crippen MR) is 109 cm³/mol. The van der Waals surface area contributed by atoms with Gasteiger partial charge in [0.25, 0.3) is 0 Å². The van der Waals surface area contributed by atoms with Gasteiger partial charge in [0.2, 0.25) is 15.9 Å². The molecule has 0 bridgehead atoms. The minimum Gasteiger partial charge on any atom is -0.352 e. The first kappa shape index (κ1) is 22.1. The van der Waals surface area contributed by atoms with E-state index in [9.17, 15) is 13.2 Å². The van der Waals surface area contributed by atoms with Gasteiger partial charge >= 0.3 is 0 Å². The van der Waals surface area contributed by atoms with E-state index >= 15 is 0 Å². The number of halogens is 1. The number of hydrogen-bond acceptors (Lipinski definition) is 4. The van der Waals surface area contributed by atoms with Crippen molar-refractivity contribution in [1.82, 2.24) is 9.62 Å². The number of piperidine rings is 1. The number of hydrogen-bond donors (Lipinski definition) is 2. The van der Waals surface area contributed by atoms with E-state index in [0.717, 1.165) is 37.7 Å². The standard InChI is InChI=1S/C19H29N3O3S.ClH/c20-19(11-5-2-6-12-19)18(23)21-17-9-13-22(14-10-17)26(24,25)15-16-7-3-1-4-8-16;/h1,3-4,7-8,17H,2,5-6,9-15,20H2,(H,21,23);1H. The Hall–Kier alpha value is -1.15. The molecule has 1 aromatic carbocycles. The molecule has 8 heteroatoms. The van der Waals surface area contributed by atoms with Crippen LogP contribution in [0.4, 0.5) is 0 Å². The van der Waals surface area contributed by atoms with Gasteiger partial charge in [-0.1, -0.05) is 49.6 Å². The first-order valence-electron chi connectivity index (χ1n) is 9.51. The van der Waals surface area contributed by atoms with Gasteiger partial charge in [0.1, 0.15) is 0 Å². The summed E-state index contributed by atoms with van der Waals surface area (Å²) in [5, 5.41) is 3.07. The summed E-state index contributed by atoms with van der Waals surface area (Å²) in [5.41, 5.74) is 6.34. The molecule has 1 aromatic rings. The largest absolute Gasteiger partial charge is 0.352 e. The highest BCUT2D eigenvalue weighted by Crippen LogP contribution is 2.27. The van der Waals surface area contributed by atoms with Crippen molar-refractivity contribution >= 4 is 28.3 Å². The van der Waals surface area contributed by atoms with Gasteiger partial charge in [0.15, 0.2) is 0 Å². The zero-order chi connectivity index (χ0) is 18.6. The van der Waals surface area contributed by atoms with Crippen molar-refractivity contribution in [1.29, 1.82) is 0 Å². The topological polar surface area (TPSA) is 92.5 Å². The fourth-order valence-corrected chi connectivity index (χ4v) is 5.46. The lowest BCUT2D eigenvalue weighted by molar-refractivity contribution is -0.128. The van der Waals surface area contributed by atoms with Crippen LogP contribution in [0.5, 0.6) is 0 Å². The van der Waals surface area contributed by atoms with Crippen LogP contribution >= 0.6 is 12.4 Å². The van der Waals surface area contributed by atoms with E-state index in [1.807, 2.05) is 30.3 Å². The highest BCUT2D eigenvalue weighted by atomic mass is 35.5. The molecule has 0 spiro atoms. The number of amides is 1. The third-order valence-electron chi connectivity index (χ3n) is 5.57. The number of nitrogens with two attached hydrogens (primary N) is 1. The van der Waals surface area contributed by atoms with E-state index in [2.05, 4.69) is 5.32 Å². The smallest absolute Gasteiger partial charge is 0.240 e. The SMILES string of the molecule is Cl.NC1(C(=O)NC2CCN(S(=O)(=O)Cc3ccccc3)CC2)CCCCC1. The van der Waals surface area contributed by atoms with Crippen molar-refractivity contribution in [2.75, 3.05) is 13.1 Å². The summed E-state index contributed by atoms with van der Waals surface area (Å²) in [5.74, 6) is -0.0423. The van der Waals surface area contributed by atoms with Crippen molar-refractivity contribution in [2.45, 2.75) is 62.3 Å². The van der Waals surface area contributed by atoms with E-state index in [4.69, 9.17) is 5.73 Å². The molecule has 2 aliphatic rings. The molecule has 0 aromatic heterocycles. The zero-order valence-corrected chi connectivity index (χ0v) is 17.2. The minimum absolute atomic E-state index is 0. The number of benzene rings is 1. The Labute approximate surface area is 168 Å². The summed E-state index contributed by atoms with van der Waals surface area (Å²) in [4.78, 5) is 12.5. The Kier molecular flexibility index (Phi) is 7.68. The summed E-state index contributed by atoms with van der Waals surface area (Å²) >= 11 is 0. The van der Waals surface area contributed by atoms with Crippen LogP contribution in [0.15, 0.2) is 30.3 Å². The Morgan fingerprint density at radius 1 is 1.11 bits per heavy atom. The maximum Gasteiger partial charge on any atom is 0.240 e. The molecule has 1 saturated carbocycles. The third-order valence-corrected chi connectivity index (χ3v) is 7.42. The van der Waals surface area contributed by atoms with Crippen molar-refractivity contribution in [3.8, 4) is 0 Å². The van der Waals surface area contributed by atoms with Crippen LogP contribution in [0.1, 0.15) is 50.5 Å². The first-order chi connectivity index (χ1) is 12.4. The molecule has 1 heterocycles. The molecule has 27 heavy (non-hydrogen) atoms. The van der Waals surface area contributed by atoms with E-state index in [1.165, 1.54) is 0 Å². The quantitative estimate of drug-likeness (QED) is 0.770. The molecule has 0 unspecified atom stereocenters. The van der Waals surface area contributed by atoms with Crippen LogP contribution in [0.25, 0.3) is 0 Å². The van der Waals surface area contributed by atoms with Crippen molar-refractivity contribution in [2.24, 2.45) is 5.73 Å². The maximum atomic E-state index is 12.6. The van der Waals surface area contributed by atoms with Crippen LogP contribution in [0.2, 0.25) is 0 Å². The number of carbonyl (C=O) groups excluding carboxylic acids is 1. The normalized spacial score (nSPS) is 21.2. The fourth-order valence-electron chi connectivity index (χ4n) is 3.89. The van der Waals surface area contributed by atoms with Crippen LogP contribution in [0.3, 0.4) is 0 Å². The molecule has 3 N–H and O–H groups in total. The van der Waals surface area contributed by atoms with Gasteiger partial charge in [-0.15, -0.1) is 12.4 Å². The lowest BCUT2D eigenvalue weighted by Crippen LogP contribution is -2.58. The van der Waals surface area contributed by atoms with Crippen molar-refractivity contribution in [3.05, 3.63) is 35.9 Å². The molecule has 6 nitrogen and oxygen atoms in total. The average Bonchev–Trinajstić information content (AvgIpc) is 2.63. The van der Waals surface area contributed by atoms with E-state index < -0.39 is 15.6 Å². The lowest BCUT2D eigenvalue weighted by Gasteiger charge is -2.36. The van der Waals surface area contributed by atoms with Gasteiger partial charge in [0, 0.05) is 19.1 Å². The van der Waals surface area contributed by atoms with Gasteiger partial charge < -0.3 is 11.1 Å².